The number of nitrogens with two attached hydrogens (primary N) is 1. The molecule has 0 aliphatic heterocycles. The molecule has 0 saturated heterocycles. The van der Waals surface area contributed by atoms with Gasteiger partial charge in [-0.2, -0.15) is 0 Å². The third-order valence-corrected chi connectivity index (χ3v) is 2.35. The van der Waals surface area contributed by atoms with Crippen molar-refractivity contribution in [2.24, 2.45) is 5.84 Å². The minimum absolute atomic E-state index is 0.0145. The van der Waals surface area contributed by atoms with Crippen LogP contribution in [0.1, 0.15) is 30.9 Å². The summed E-state index contributed by atoms with van der Waals surface area (Å²) in [6.07, 6.45) is 4.70. The molecule has 0 spiro atoms. The van der Waals surface area contributed by atoms with Crippen LogP contribution in [0, 0.1) is 5.82 Å². The summed E-state index contributed by atoms with van der Waals surface area (Å²) in [5.41, 5.74) is 3.59. The standard InChI is InChI=1S/C12H17FN2/c1-2-3-4-8-12(15-14)10-6-5-7-11(13)9-10/h2,5-7,9,12,15H,1,3-4,8,14H2. The molecule has 1 unspecified atom stereocenters. The molecule has 1 atom stereocenters. The van der Waals surface area contributed by atoms with Gasteiger partial charge in [-0.3, -0.25) is 11.3 Å². The van der Waals surface area contributed by atoms with Crippen molar-refractivity contribution in [2.75, 3.05) is 0 Å². The van der Waals surface area contributed by atoms with Crippen LogP contribution in [-0.4, -0.2) is 0 Å². The minimum atomic E-state index is -0.225. The first-order valence-electron chi connectivity index (χ1n) is 5.10. The molecule has 0 bridgehead atoms. The molecule has 0 fully saturated rings. The summed E-state index contributed by atoms with van der Waals surface area (Å²) in [7, 11) is 0. The van der Waals surface area contributed by atoms with Gasteiger partial charge >= 0.3 is 0 Å². The van der Waals surface area contributed by atoms with E-state index in [2.05, 4.69) is 12.0 Å². The van der Waals surface area contributed by atoms with Crippen molar-refractivity contribution in [2.45, 2.75) is 25.3 Å². The number of hydrogen-bond donors (Lipinski definition) is 2. The van der Waals surface area contributed by atoms with Crippen LogP contribution in [0.15, 0.2) is 36.9 Å². The zero-order valence-electron chi connectivity index (χ0n) is 8.75. The lowest BCUT2D eigenvalue weighted by Gasteiger charge is -2.15. The first-order chi connectivity index (χ1) is 7.27. The molecule has 0 radical (unpaired) electrons. The highest BCUT2D eigenvalue weighted by Crippen LogP contribution is 2.19. The maximum absolute atomic E-state index is 13.0. The predicted octanol–water partition coefficient (Wildman–Crippen LogP) is 2.69. The van der Waals surface area contributed by atoms with Crippen LogP contribution in [0.3, 0.4) is 0 Å². The average molecular weight is 208 g/mol. The Morgan fingerprint density at radius 1 is 1.53 bits per heavy atom. The van der Waals surface area contributed by atoms with Crippen LogP contribution in [-0.2, 0) is 0 Å². The lowest BCUT2D eigenvalue weighted by molar-refractivity contribution is 0.497. The van der Waals surface area contributed by atoms with Gasteiger partial charge in [0, 0.05) is 6.04 Å². The third kappa shape index (κ3) is 3.81. The zero-order valence-corrected chi connectivity index (χ0v) is 8.75. The molecule has 3 N–H and O–H groups in total. The highest BCUT2D eigenvalue weighted by atomic mass is 19.1. The quantitative estimate of drug-likeness (QED) is 0.326. The van der Waals surface area contributed by atoms with Crippen LogP contribution in [0.25, 0.3) is 0 Å². The first-order valence-corrected chi connectivity index (χ1v) is 5.10. The Morgan fingerprint density at radius 2 is 2.33 bits per heavy atom. The highest BCUT2D eigenvalue weighted by molar-refractivity contribution is 5.19. The van der Waals surface area contributed by atoms with Crippen LogP contribution in [0.5, 0.6) is 0 Å². The van der Waals surface area contributed by atoms with Crippen molar-refractivity contribution in [3.05, 3.63) is 48.3 Å². The van der Waals surface area contributed by atoms with Crippen LogP contribution in [0.4, 0.5) is 4.39 Å². The summed E-state index contributed by atoms with van der Waals surface area (Å²) in [6, 6.07) is 6.53. The van der Waals surface area contributed by atoms with E-state index >= 15 is 0 Å². The summed E-state index contributed by atoms with van der Waals surface area (Å²) < 4.78 is 13.0. The Hall–Kier alpha value is -1.19. The van der Waals surface area contributed by atoms with E-state index in [9.17, 15) is 4.39 Å². The molecule has 1 rings (SSSR count). The minimum Gasteiger partial charge on any atom is -0.271 e. The fraction of sp³-hybridized carbons (Fsp3) is 0.333. The Kier molecular flexibility index (Phi) is 5.01. The largest absolute Gasteiger partial charge is 0.271 e. The van der Waals surface area contributed by atoms with Crippen molar-refractivity contribution >= 4 is 0 Å². The number of nitrogens with one attached hydrogen (secondary N) is 1. The summed E-state index contributed by atoms with van der Waals surface area (Å²) in [4.78, 5) is 0. The predicted molar refractivity (Wildman–Crippen MR) is 60.5 cm³/mol. The summed E-state index contributed by atoms with van der Waals surface area (Å²) in [5.74, 6) is 5.21. The molecule has 0 heterocycles. The van der Waals surface area contributed by atoms with Crippen LogP contribution < -0.4 is 11.3 Å². The van der Waals surface area contributed by atoms with Crippen molar-refractivity contribution in [1.82, 2.24) is 5.43 Å². The Balaban J connectivity index is 2.61. The number of allylic oxidation sites excluding steroid dienone is 1. The second-order valence-corrected chi connectivity index (χ2v) is 3.49. The van der Waals surface area contributed by atoms with E-state index < -0.39 is 0 Å². The number of halogens is 1. The van der Waals surface area contributed by atoms with E-state index in [0.29, 0.717) is 0 Å². The molecular formula is C12H17FN2. The topological polar surface area (TPSA) is 38.0 Å². The van der Waals surface area contributed by atoms with Gasteiger partial charge in [-0.15, -0.1) is 6.58 Å². The van der Waals surface area contributed by atoms with Gasteiger partial charge in [-0.05, 0) is 37.0 Å². The van der Waals surface area contributed by atoms with Gasteiger partial charge in [0.2, 0.25) is 0 Å². The van der Waals surface area contributed by atoms with Gasteiger partial charge in [0.1, 0.15) is 5.82 Å². The fourth-order valence-corrected chi connectivity index (χ4v) is 1.54. The van der Waals surface area contributed by atoms with Gasteiger partial charge < -0.3 is 0 Å². The molecule has 2 nitrogen and oxygen atoms in total. The maximum Gasteiger partial charge on any atom is 0.123 e. The van der Waals surface area contributed by atoms with Crippen molar-refractivity contribution < 1.29 is 4.39 Å². The van der Waals surface area contributed by atoms with E-state index in [4.69, 9.17) is 5.84 Å². The van der Waals surface area contributed by atoms with Gasteiger partial charge in [-0.25, -0.2) is 4.39 Å². The van der Waals surface area contributed by atoms with Gasteiger partial charge in [0.25, 0.3) is 0 Å². The molecule has 15 heavy (non-hydrogen) atoms. The van der Waals surface area contributed by atoms with E-state index in [1.54, 1.807) is 6.07 Å². The number of hydrogen-bond acceptors (Lipinski definition) is 2. The smallest absolute Gasteiger partial charge is 0.123 e. The number of rotatable bonds is 6. The van der Waals surface area contributed by atoms with Crippen molar-refractivity contribution in [3.8, 4) is 0 Å². The molecule has 0 amide bonds. The summed E-state index contributed by atoms with van der Waals surface area (Å²) >= 11 is 0. The Bertz CT molecular complexity index is 312. The average Bonchev–Trinajstić information content (AvgIpc) is 2.24. The summed E-state index contributed by atoms with van der Waals surface area (Å²) in [5, 5.41) is 0. The first kappa shape index (κ1) is 11.9. The van der Waals surface area contributed by atoms with Gasteiger partial charge in [0.15, 0.2) is 0 Å². The zero-order chi connectivity index (χ0) is 11.1. The molecular weight excluding hydrogens is 191 g/mol. The highest BCUT2D eigenvalue weighted by Gasteiger charge is 2.09. The number of benzene rings is 1. The monoisotopic (exact) mass is 208 g/mol. The molecule has 3 heteroatoms. The van der Waals surface area contributed by atoms with E-state index in [0.717, 1.165) is 24.8 Å². The maximum atomic E-state index is 13.0. The molecule has 1 aromatic rings. The molecule has 0 saturated carbocycles. The Labute approximate surface area is 90.0 Å². The molecule has 82 valence electrons. The second-order valence-electron chi connectivity index (χ2n) is 3.49. The van der Waals surface area contributed by atoms with Crippen LogP contribution in [0.2, 0.25) is 0 Å². The molecule has 0 aliphatic rings. The van der Waals surface area contributed by atoms with Gasteiger partial charge in [0.05, 0.1) is 0 Å². The van der Waals surface area contributed by atoms with Crippen molar-refractivity contribution in [1.29, 1.82) is 0 Å². The molecule has 0 aliphatic carbocycles. The fourth-order valence-electron chi connectivity index (χ4n) is 1.54. The van der Waals surface area contributed by atoms with Crippen LogP contribution >= 0.6 is 0 Å². The van der Waals surface area contributed by atoms with Gasteiger partial charge in [-0.1, -0.05) is 18.2 Å². The van der Waals surface area contributed by atoms with E-state index in [-0.39, 0.29) is 11.9 Å². The Morgan fingerprint density at radius 3 is 2.93 bits per heavy atom. The van der Waals surface area contributed by atoms with E-state index in [1.165, 1.54) is 12.1 Å². The van der Waals surface area contributed by atoms with E-state index in [1.807, 2.05) is 12.1 Å². The SMILES string of the molecule is C=CCCCC(NN)c1cccc(F)c1. The third-order valence-electron chi connectivity index (χ3n) is 2.35. The lowest BCUT2D eigenvalue weighted by Crippen LogP contribution is -2.28. The van der Waals surface area contributed by atoms with Crippen molar-refractivity contribution in [3.63, 3.8) is 0 Å². The number of unbranched alkanes of at least 4 members (excludes halogenated alkanes) is 1. The summed E-state index contributed by atoms with van der Waals surface area (Å²) in [6.45, 7) is 3.66. The second kappa shape index (κ2) is 6.32. The lowest BCUT2D eigenvalue weighted by atomic mass is 10.0. The molecule has 0 aromatic heterocycles. The molecule has 1 aromatic carbocycles. The normalized spacial score (nSPS) is 12.4. The number of hydrazine groups is 1.